The molecule has 1 amide bonds. The van der Waals surface area contributed by atoms with Gasteiger partial charge in [-0.2, -0.15) is 5.26 Å². The topological polar surface area (TPSA) is 143 Å². The number of fused-ring (bicyclic) bond motifs is 4. The summed E-state index contributed by atoms with van der Waals surface area (Å²) in [6.45, 7) is 0.992. The lowest BCUT2D eigenvalue weighted by molar-refractivity contribution is -0.158. The van der Waals surface area contributed by atoms with Crippen LogP contribution >= 0.6 is 0 Å². The number of ether oxygens (including phenoxy) is 2. The number of cyclic esters (lactones) is 1. The van der Waals surface area contributed by atoms with Crippen molar-refractivity contribution in [1.29, 1.82) is 5.26 Å². The molecule has 3 heterocycles. The minimum Gasteiger partial charge on any atom is -0.480 e. The number of carbonyl (C=O) groups is 3. The van der Waals surface area contributed by atoms with Gasteiger partial charge in [-0.1, -0.05) is 18.2 Å². The Morgan fingerprint density at radius 2 is 2.11 bits per heavy atom. The van der Waals surface area contributed by atoms with Gasteiger partial charge in [0.1, 0.15) is 41.4 Å². The van der Waals surface area contributed by atoms with Crippen LogP contribution in [0.15, 0.2) is 47.6 Å². The fourth-order valence-corrected chi connectivity index (χ4v) is 4.16. The highest BCUT2D eigenvalue weighted by atomic mass is 16.6. The van der Waals surface area contributed by atoms with Gasteiger partial charge in [-0.3, -0.25) is 19.3 Å². The predicted molar refractivity (Wildman–Crippen MR) is 93.1 cm³/mol. The van der Waals surface area contributed by atoms with Crippen molar-refractivity contribution >= 4 is 23.5 Å². The summed E-state index contributed by atoms with van der Waals surface area (Å²) >= 11 is 0. The van der Waals surface area contributed by atoms with E-state index in [0.717, 1.165) is 4.90 Å². The molecule has 1 spiro atoms. The van der Waals surface area contributed by atoms with Gasteiger partial charge in [0.15, 0.2) is 0 Å². The summed E-state index contributed by atoms with van der Waals surface area (Å²) < 4.78 is 10.8. The Hall–Kier alpha value is -3.80. The molecule has 3 atom stereocenters. The first-order valence-electron chi connectivity index (χ1n) is 8.46. The number of nitrogens with zero attached hydrogens (tertiary/aromatic N) is 2. The summed E-state index contributed by atoms with van der Waals surface area (Å²) in [5.41, 5.74) is 4.48. The highest BCUT2D eigenvalue weighted by molar-refractivity contribution is 6.15. The molecular weight excluding hydrogens is 366 g/mol. The molecule has 1 aromatic rings. The third-order valence-corrected chi connectivity index (χ3v) is 5.13. The number of esters is 1. The van der Waals surface area contributed by atoms with Gasteiger partial charge in [-0.15, -0.1) is 0 Å². The largest absolute Gasteiger partial charge is 0.480 e. The van der Waals surface area contributed by atoms with E-state index in [1.54, 1.807) is 31.2 Å². The summed E-state index contributed by atoms with van der Waals surface area (Å²) in [6, 6.07) is 8.31. The van der Waals surface area contributed by atoms with E-state index < -0.39 is 41.8 Å². The van der Waals surface area contributed by atoms with Gasteiger partial charge >= 0.3 is 11.9 Å². The number of para-hydroxylation sites is 1. The van der Waals surface area contributed by atoms with Crippen LogP contribution in [-0.4, -0.2) is 35.6 Å². The van der Waals surface area contributed by atoms with Gasteiger partial charge in [0.05, 0.1) is 0 Å². The zero-order valence-corrected chi connectivity index (χ0v) is 14.7. The van der Waals surface area contributed by atoms with Crippen molar-refractivity contribution in [2.45, 2.75) is 18.4 Å². The Labute approximate surface area is 159 Å². The molecule has 0 aliphatic carbocycles. The molecule has 0 aromatic heterocycles. The maximum absolute atomic E-state index is 13.6. The lowest BCUT2D eigenvalue weighted by atomic mass is 9.63. The first-order valence-corrected chi connectivity index (χ1v) is 8.46. The van der Waals surface area contributed by atoms with E-state index in [2.05, 4.69) is 0 Å². The first-order chi connectivity index (χ1) is 13.3. The Morgan fingerprint density at radius 3 is 2.79 bits per heavy atom. The van der Waals surface area contributed by atoms with Gasteiger partial charge in [0, 0.05) is 5.69 Å². The van der Waals surface area contributed by atoms with Gasteiger partial charge in [0.2, 0.25) is 11.8 Å². The minimum atomic E-state index is -1.84. The summed E-state index contributed by atoms with van der Waals surface area (Å²) in [7, 11) is 0. The molecule has 0 saturated heterocycles. The average molecular weight is 381 g/mol. The monoisotopic (exact) mass is 381 g/mol. The van der Waals surface area contributed by atoms with E-state index in [1.807, 2.05) is 6.07 Å². The number of anilines is 1. The van der Waals surface area contributed by atoms with Crippen molar-refractivity contribution in [3.05, 3.63) is 53.1 Å². The van der Waals surface area contributed by atoms with Crippen molar-refractivity contribution in [3.8, 4) is 6.07 Å². The first kappa shape index (κ1) is 17.6. The number of carboxylic acids is 1. The van der Waals surface area contributed by atoms with E-state index in [-0.39, 0.29) is 17.2 Å². The Balaban J connectivity index is 2.07. The number of nitrogens with two attached hydrogens (primary N) is 1. The van der Waals surface area contributed by atoms with Crippen LogP contribution in [0.1, 0.15) is 12.5 Å². The molecule has 9 nitrogen and oxygen atoms in total. The molecular formula is C19H15N3O6. The molecule has 9 heteroatoms. The summed E-state index contributed by atoms with van der Waals surface area (Å²) in [5, 5.41) is 19.1. The normalized spacial score (nSPS) is 28.1. The highest BCUT2D eigenvalue weighted by Crippen LogP contribution is 2.56. The second-order valence-electron chi connectivity index (χ2n) is 6.71. The molecule has 1 aromatic carbocycles. The molecule has 0 radical (unpaired) electrons. The van der Waals surface area contributed by atoms with E-state index in [9.17, 15) is 24.8 Å². The quantitative estimate of drug-likeness (QED) is 0.706. The van der Waals surface area contributed by atoms with E-state index in [0.29, 0.717) is 11.3 Å². The van der Waals surface area contributed by atoms with Crippen LogP contribution in [0.3, 0.4) is 0 Å². The number of benzene rings is 1. The number of nitriles is 1. The molecule has 0 saturated carbocycles. The Bertz CT molecular complexity index is 1040. The van der Waals surface area contributed by atoms with Gasteiger partial charge in [-0.05, 0) is 24.6 Å². The van der Waals surface area contributed by atoms with Crippen LogP contribution in [0.4, 0.5) is 5.69 Å². The number of hydrogen-bond acceptors (Lipinski definition) is 7. The Kier molecular flexibility index (Phi) is 3.68. The third-order valence-electron chi connectivity index (χ3n) is 5.13. The molecule has 0 bridgehead atoms. The van der Waals surface area contributed by atoms with Crippen LogP contribution in [0, 0.1) is 17.2 Å². The van der Waals surface area contributed by atoms with Crippen molar-refractivity contribution < 1.29 is 29.0 Å². The van der Waals surface area contributed by atoms with Crippen LogP contribution in [0.25, 0.3) is 0 Å². The number of amides is 1. The fraction of sp³-hybridized carbons (Fsp3) is 0.263. The smallest absolute Gasteiger partial charge is 0.323 e. The highest BCUT2D eigenvalue weighted by Gasteiger charge is 2.66. The van der Waals surface area contributed by atoms with Crippen LogP contribution in [0.2, 0.25) is 0 Å². The summed E-state index contributed by atoms with van der Waals surface area (Å²) in [4.78, 5) is 38.9. The predicted octanol–water partition coefficient (Wildman–Crippen LogP) is 0.525. The maximum atomic E-state index is 13.6. The second kappa shape index (κ2) is 5.85. The second-order valence-corrected chi connectivity index (χ2v) is 6.71. The number of carbonyl (C=O) groups excluding carboxylic acids is 2. The van der Waals surface area contributed by atoms with Crippen LogP contribution < -0.4 is 10.6 Å². The number of rotatable bonds is 2. The maximum Gasteiger partial charge on any atom is 0.323 e. The number of aliphatic carboxylic acids is 1. The third kappa shape index (κ3) is 2.08. The minimum absolute atomic E-state index is 0.112. The van der Waals surface area contributed by atoms with E-state index in [4.69, 9.17) is 15.2 Å². The molecule has 3 aliphatic heterocycles. The van der Waals surface area contributed by atoms with Gasteiger partial charge in [0.25, 0.3) is 0 Å². The molecule has 28 heavy (non-hydrogen) atoms. The number of hydrogen-bond donors (Lipinski definition) is 2. The van der Waals surface area contributed by atoms with Crippen LogP contribution in [0.5, 0.6) is 0 Å². The average Bonchev–Trinajstić information content (AvgIpc) is 2.85. The van der Waals surface area contributed by atoms with Gasteiger partial charge < -0.3 is 20.3 Å². The molecule has 142 valence electrons. The zero-order valence-electron chi connectivity index (χ0n) is 14.7. The van der Waals surface area contributed by atoms with E-state index in [1.165, 1.54) is 6.08 Å². The lowest BCUT2D eigenvalue weighted by Gasteiger charge is -2.41. The molecule has 3 N–H and O–H groups in total. The van der Waals surface area contributed by atoms with Crippen LogP contribution in [-0.2, 0) is 29.3 Å². The fourth-order valence-electron chi connectivity index (χ4n) is 4.16. The van der Waals surface area contributed by atoms with E-state index >= 15 is 0 Å². The Morgan fingerprint density at radius 1 is 1.39 bits per heavy atom. The van der Waals surface area contributed by atoms with Crippen molar-refractivity contribution in [3.63, 3.8) is 0 Å². The summed E-state index contributed by atoms with van der Waals surface area (Å²) in [6.07, 6.45) is 0.916. The standard InChI is InChI=1S/C19H15N3O6/c1-9-6-13-15(17(25)27-9)19(11(7-20)16(21)28-13)10-4-2-3-5-12(10)22(18(19)26)8-14(23)24/h2-6,9,15H,8,21H2,1H3,(H,23,24). The van der Waals surface area contributed by atoms with Crippen molar-refractivity contribution in [2.24, 2.45) is 11.7 Å². The SMILES string of the molecule is CC1C=C2OC(N)=C(C#N)C3(C(=O)N(CC(=O)O)c4ccccc43)C2C(=O)O1. The summed E-state index contributed by atoms with van der Waals surface area (Å²) in [5.74, 6) is -4.18. The molecule has 4 rings (SSSR count). The molecule has 0 fully saturated rings. The lowest BCUT2D eigenvalue weighted by Crippen LogP contribution is -2.55. The number of carboxylic acid groups (broad SMARTS) is 1. The van der Waals surface area contributed by atoms with Crippen molar-refractivity contribution in [1.82, 2.24) is 0 Å². The van der Waals surface area contributed by atoms with Gasteiger partial charge in [-0.25, -0.2) is 0 Å². The zero-order chi connectivity index (χ0) is 20.2. The molecule has 3 unspecified atom stereocenters. The molecule has 3 aliphatic rings. The van der Waals surface area contributed by atoms with Crippen molar-refractivity contribution in [2.75, 3.05) is 11.4 Å².